The third-order valence-corrected chi connectivity index (χ3v) is 4.31. The largest absolute Gasteiger partial charge is 0.353 e. The molecule has 0 saturated carbocycles. The van der Waals surface area contributed by atoms with Crippen LogP contribution in [0.3, 0.4) is 0 Å². The fourth-order valence-electron chi connectivity index (χ4n) is 3.14. The monoisotopic (exact) mass is 289 g/mol. The molecule has 3 rings (SSSR count). The lowest BCUT2D eigenvalue weighted by molar-refractivity contribution is -0.168. The summed E-state index contributed by atoms with van der Waals surface area (Å²) in [5, 5.41) is 3.01. The number of benzene rings is 1. The zero-order chi connectivity index (χ0) is 14.9. The summed E-state index contributed by atoms with van der Waals surface area (Å²) in [5.41, 5.74) is 3.01. The fraction of sp³-hybridized carbons (Fsp3) is 0.588. The molecule has 4 nitrogen and oxygen atoms in total. The van der Waals surface area contributed by atoms with Gasteiger partial charge in [-0.15, -0.1) is 0 Å². The topological polar surface area (TPSA) is 47.6 Å². The molecule has 1 amide bonds. The molecule has 0 aliphatic carbocycles. The lowest BCUT2D eigenvalue weighted by atomic mass is 9.77. The predicted molar refractivity (Wildman–Crippen MR) is 81.1 cm³/mol. The van der Waals surface area contributed by atoms with E-state index in [0.29, 0.717) is 13.0 Å². The Morgan fingerprint density at radius 2 is 2.24 bits per heavy atom. The van der Waals surface area contributed by atoms with Gasteiger partial charge in [0, 0.05) is 24.0 Å². The highest BCUT2D eigenvalue weighted by Gasteiger charge is 2.33. The summed E-state index contributed by atoms with van der Waals surface area (Å²) in [4.78, 5) is 11.9. The molecule has 0 radical (unpaired) electrons. The second-order valence-electron chi connectivity index (χ2n) is 6.56. The highest BCUT2D eigenvalue weighted by atomic mass is 16.7. The Morgan fingerprint density at radius 3 is 3.00 bits per heavy atom. The number of fused-ring (bicyclic) bond motifs is 1. The molecule has 1 aromatic carbocycles. The van der Waals surface area contributed by atoms with Crippen LogP contribution in [0.4, 0.5) is 5.69 Å². The van der Waals surface area contributed by atoms with E-state index in [-0.39, 0.29) is 17.6 Å². The normalized spacial score (nSPS) is 24.3. The van der Waals surface area contributed by atoms with E-state index in [0.717, 1.165) is 37.1 Å². The van der Waals surface area contributed by atoms with E-state index in [2.05, 4.69) is 25.2 Å². The van der Waals surface area contributed by atoms with E-state index in [1.54, 1.807) is 0 Å². The molecule has 0 bridgehead atoms. The van der Waals surface area contributed by atoms with Crippen molar-refractivity contribution in [3.8, 4) is 0 Å². The number of para-hydroxylation sites is 1. The SMILES string of the molecule is CC1(C)CC(=O)Nc2c(COC3CCCCO3)cccc21. The molecule has 4 heteroatoms. The van der Waals surface area contributed by atoms with Crippen LogP contribution >= 0.6 is 0 Å². The van der Waals surface area contributed by atoms with Crippen molar-refractivity contribution in [3.63, 3.8) is 0 Å². The molecule has 2 aliphatic heterocycles. The van der Waals surface area contributed by atoms with E-state index in [4.69, 9.17) is 9.47 Å². The predicted octanol–water partition coefficient (Wildman–Crippen LogP) is 3.35. The Bertz CT molecular complexity index is 533. The number of rotatable bonds is 3. The van der Waals surface area contributed by atoms with Crippen molar-refractivity contribution < 1.29 is 14.3 Å². The Kier molecular flexibility index (Phi) is 4.00. The number of nitrogens with one attached hydrogen (secondary N) is 1. The summed E-state index contributed by atoms with van der Waals surface area (Å²) in [5.74, 6) is 0.0777. The summed E-state index contributed by atoms with van der Waals surface area (Å²) in [7, 11) is 0. The van der Waals surface area contributed by atoms with Gasteiger partial charge in [-0.1, -0.05) is 32.0 Å². The Balaban J connectivity index is 1.78. The molecule has 2 aliphatic rings. The third-order valence-electron chi connectivity index (χ3n) is 4.31. The highest BCUT2D eigenvalue weighted by molar-refractivity contribution is 5.96. The van der Waals surface area contributed by atoms with E-state index in [1.807, 2.05) is 12.1 Å². The van der Waals surface area contributed by atoms with Crippen LogP contribution in [-0.4, -0.2) is 18.8 Å². The summed E-state index contributed by atoms with van der Waals surface area (Å²) in [6.45, 7) is 5.48. The smallest absolute Gasteiger partial charge is 0.225 e. The molecular formula is C17H23NO3. The molecule has 114 valence electrons. The molecule has 0 aromatic heterocycles. The standard InChI is InChI=1S/C17H23NO3/c1-17(2)10-14(19)18-16-12(6-5-7-13(16)17)11-21-15-8-3-4-9-20-15/h5-7,15H,3-4,8-11H2,1-2H3,(H,18,19). The van der Waals surface area contributed by atoms with E-state index in [9.17, 15) is 4.79 Å². The second-order valence-corrected chi connectivity index (χ2v) is 6.56. The summed E-state index contributed by atoms with van der Waals surface area (Å²) < 4.78 is 11.5. The van der Waals surface area contributed by atoms with E-state index >= 15 is 0 Å². The van der Waals surface area contributed by atoms with Gasteiger partial charge in [0.2, 0.25) is 5.91 Å². The second kappa shape index (κ2) is 5.78. The van der Waals surface area contributed by atoms with Gasteiger partial charge in [0.1, 0.15) is 0 Å². The molecule has 1 unspecified atom stereocenters. The van der Waals surface area contributed by atoms with Crippen molar-refractivity contribution in [1.82, 2.24) is 0 Å². The van der Waals surface area contributed by atoms with Crippen LogP contribution in [-0.2, 0) is 26.3 Å². The Hall–Kier alpha value is -1.39. The van der Waals surface area contributed by atoms with Gasteiger partial charge in [-0.25, -0.2) is 0 Å². The molecule has 2 heterocycles. The molecule has 1 N–H and O–H groups in total. The zero-order valence-electron chi connectivity index (χ0n) is 12.8. The van der Waals surface area contributed by atoms with Gasteiger partial charge < -0.3 is 14.8 Å². The van der Waals surface area contributed by atoms with Gasteiger partial charge >= 0.3 is 0 Å². The first-order chi connectivity index (χ1) is 10.1. The first-order valence-corrected chi connectivity index (χ1v) is 7.72. The zero-order valence-corrected chi connectivity index (χ0v) is 12.8. The maximum atomic E-state index is 11.9. The van der Waals surface area contributed by atoms with Crippen molar-refractivity contribution in [2.24, 2.45) is 0 Å². The minimum atomic E-state index is -0.130. The molecular weight excluding hydrogens is 266 g/mol. The minimum absolute atomic E-state index is 0.0777. The van der Waals surface area contributed by atoms with Crippen molar-refractivity contribution in [3.05, 3.63) is 29.3 Å². The molecule has 1 aromatic rings. The number of hydrogen-bond acceptors (Lipinski definition) is 3. The van der Waals surface area contributed by atoms with Crippen LogP contribution in [0.25, 0.3) is 0 Å². The summed E-state index contributed by atoms with van der Waals surface area (Å²) in [6.07, 6.45) is 3.64. The van der Waals surface area contributed by atoms with Gasteiger partial charge in [-0.05, 0) is 24.8 Å². The first kappa shape index (κ1) is 14.5. The molecule has 1 saturated heterocycles. The number of hydrogen-bond donors (Lipinski definition) is 1. The quantitative estimate of drug-likeness (QED) is 0.928. The van der Waals surface area contributed by atoms with Gasteiger partial charge in [0.05, 0.1) is 12.3 Å². The molecule has 1 fully saturated rings. The van der Waals surface area contributed by atoms with Crippen LogP contribution in [0.5, 0.6) is 0 Å². The van der Waals surface area contributed by atoms with Crippen molar-refractivity contribution in [1.29, 1.82) is 0 Å². The average molecular weight is 289 g/mol. The summed E-state index contributed by atoms with van der Waals surface area (Å²) in [6, 6.07) is 6.15. The first-order valence-electron chi connectivity index (χ1n) is 7.72. The van der Waals surface area contributed by atoms with Gasteiger partial charge in [-0.3, -0.25) is 4.79 Å². The van der Waals surface area contributed by atoms with E-state index in [1.165, 1.54) is 5.56 Å². The average Bonchev–Trinajstić information content (AvgIpc) is 2.45. The number of ether oxygens (including phenoxy) is 2. The Labute approximate surface area is 125 Å². The maximum Gasteiger partial charge on any atom is 0.225 e. The molecule has 1 atom stereocenters. The maximum absolute atomic E-state index is 11.9. The van der Waals surface area contributed by atoms with Crippen LogP contribution < -0.4 is 5.32 Å². The Morgan fingerprint density at radius 1 is 1.38 bits per heavy atom. The number of carbonyl (C=O) groups excluding carboxylic acids is 1. The molecule has 21 heavy (non-hydrogen) atoms. The van der Waals surface area contributed by atoms with Crippen molar-refractivity contribution in [2.45, 2.75) is 57.8 Å². The van der Waals surface area contributed by atoms with Crippen molar-refractivity contribution in [2.75, 3.05) is 11.9 Å². The van der Waals surface area contributed by atoms with Crippen molar-refractivity contribution >= 4 is 11.6 Å². The van der Waals surface area contributed by atoms with Crippen LogP contribution in [0.2, 0.25) is 0 Å². The lowest BCUT2D eigenvalue weighted by Crippen LogP contribution is -2.33. The number of anilines is 1. The number of amides is 1. The van der Waals surface area contributed by atoms with Crippen LogP contribution in [0, 0.1) is 0 Å². The van der Waals surface area contributed by atoms with E-state index < -0.39 is 0 Å². The van der Waals surface area contributed by atoms with Crippen LogP contribution in [0.15, 0.2) is 18.2 Å². The summed E-state index contributed by atoms with van der Waals surface area (Å²) >= 11 is 0. The molecule has 0 spiro atoms. The third kappa shape index (κ3) is 3.11. The van der Waals surface area contributed by atoms with Gasteiger partial charge in [-0.2, -0.15) is 0 Å². The van der Waals surface area contributed by atoms with Crippen LogP contribution in [0.1, 0.15) is 50.7 Å². The van der Waals surface area contributed by atoms with Gasteiger partial charge in [0.15, 0.2) is 6.29 Å². The number of carbonyl (C=O) groups is 1. The lowest BCUT2D eigenvalue weighted by Gasteiger charge is -2.33. The van der Waals surface area contributed by atoms with Gasteiger partial charge in [0.25, 0.3) is 0 Å². The fourth-order valence-corrected chi connectivity index (χ4v) is 3.14. The minimum Gasteiger partial charge on any atom is -0.353 e. The highest BCUT2D eigenvalue weighted by Crippen LogP contribution is 2.39.